The van der Waals surface area contributed by atoms with Crippen molar-refractivity contribution >= 4 is 35.2 Å². The Hall–Kier alpha value is -2.15. The van der Waals surface area contributed by atoms with E-state index in [1.54, 1.807) is 29.2 Å². The van der Waals surface area contributed by atoms with Gasteiger partial charge in [0.15, 0.2) is 0 Å². The number of amides is 1. The number of halogens is 4. The lowest BCUT2D eigenvalue weighted by molar-refractivity contribution is -0.127. The third-order valence-corrected chi connectivity index (χ3v) is 5.34. The molecule has 0 unspecified atom stereocenters. The lowest BCUT2D eigenvalue weighted by atomic mass is 10.2. The van der Waals surface area contributed by atoms with E-state index in [1.807, 2.05) is 12.1 Å². The Bertz CT molecular complexity index is 867. The van der Waals surface area contributed by atoms with Gasteiger partial charge in [-0.1, -0.05) is 41.4 Å². The Balaban J connectivity index is 1.48. The van der Waals surface area contributed by atoms with E-state index < -0.39 is 6.61 Å². The third kappa shape index (κ3) is 6.42. The van der Waals surface area contributed by atoms with Crippen molar-refractivity contribution in [2.75, 3.05) is 26.2 Å². The van der Waals surface area contributed by atoms with Gasteiger partial charge in [0.1, 0.15) is 5.75 Å². The standard InChI is InChI=1S/C21H20Cl2F2N2O2/c22-18-7-3-16(13-19(18)23)14-26-9-11-27(12-10-26)20(28)8-4-15-1-5-17(6-2-15)29-21(24)25/h1-8,13,21H,9-12,14H2/b8-4-. The monoisotopic (exact) mass is 440 g/mol. The first kappa shape index (κ1) is 21.6. The number of nitrogens with zero attached hydrogens (tertiary/aromatic N) is 2. The summed E-state index contributed by atoms with van der Waals surface area (Å²) in [6.07, 6.45) is 3.16. The van der Waals surface area contributed by atoms with Gasteiger partial charge in [-0.3, -0.25) is 9.69 Å². The number of hydrogen-bond donors (Lipinski definition) is 0. The molecule has 4 nitrogen and oxygen atoms in total. The van der Waals surface area contributed by atoms with E-state index in [2.05, 4.69) is 9.64 Å². The van der Waals surface area contributed by atoms with Crippen molar-refractivity contribution in [2.45, 2.75) is 13.2 Å². The highest BCUT2D eigenvalue weighted by Crippen LogP contribution is 2.23. The second kappa shape index (κ2) is 10.1. The van der Waals surface area contributed by atoms with Crippen LogP contribution in [-0.4, -0.2) is 48.5 Å². The lowest BCUT2D eigenvalue weighted by Gasteiger charge is -2.34. The highest BCUT2D eigenvalue weighted by atomic mass is 35.5. The maximum Gasteiger partial charge on any atom is 0.387 e. The average Bonchev–Trinajstić information content (AvgIpc) is 2.70. The van der Waals surface area contributed by atoms with Crippen LogP contribution in [0.15, 0.2) is 48.5 Å². The summed E-state index contributed by atoms with van der Waals surface area (Å²) in [6.45, 7) is 0.686. The van der Waals surface area contributed by atoms with Crippen molar-refractivity contribution in [2.24, 2.45) is 0 Å². The zero-order chi connectivity index (χ0) is 20.8. The number of alkyl halides is 2. The van der Waals surface area contributed by atoms with Gasteiger partial charge in [-0.25, -0.2) is 0 Å². The van der Waals surface area contributed by atoms with Gasteiger partial charge < -0.3 is 9.64 Å². The number of ether oxygens (including phenoxy) is 1. The van der Waals surface area contributed by atoms with E-state index in [0.29, 0.717) is 23.1 Å². The molecule has 0 aromatic heterocycles. The third-order valence-electron chi connectivity index (χ3n) is 4.60. The fourth-order valence-corrected chi connectivity index (χ4v) is 3.38. The Morgan fingerprint density at radius 2 is 1.72 bits per heavy atom. The molecule has 1 aliphatic heterocycles. The van der Waals surface area contributed by atoms with Crippen LogP contribution in [0.2, 0.25) is 10.0 Å². The van der Waals surface area contributed by atoms with Crippen LogP contribution in [0.5, 0.6) is 5.75 Å². The second-order valence-electron chi connectivity index (χ2n) is 6.63. The minimum atomic E-state index is -2.85. The van der Waals surface area contributed by atoms with E-state index >= 15 is 0 Å². The van der Waals surface area contributed by atoms with E-state index in [4.69, 9.17) is 23.2 Å². The number of benzene rings is 2. The molecule has 154 valence electrons. The second-order valence-corrected chi connectivity index (χ2v) is 7.45. The molecule has 0 atom stereocenters. The SMILES string of the molecule is O=C(/C=C\c1ccc(OC(F)F)cc1)N1CCN(Cc2ccc(Cl)c(Cl)c2)CC1. The summed E-state index contributed by atoms with van der Waals surface area (Å²) in [6, 6.07) is 11.7. The zero-order valence-electron chi connectivity index (χ0n) is 15.5. The van der Waals surface area contributed by atoms with Crippen molar-refractivity contribution in [3.8, 4) is 5.75 Å². The van der Waals surface area contributed by atoms with Crippen LogP contribution in [-0.2, 0) is 11.3 Å². The van der Waals surface area contributed by atoms with Crippen molar-refractivity contribution in [1.29, 1.82) is 0 Å². The van der Waals surface area contributed by atoms with Crippen molar-refractivity contribution in [1.82, 2.24) is 9.80 Å². The first-order valence-electron chi connectivity index (χ1n) is 9.09. The minimum Gasteiger partial charge on any atom is -0.435 e. The maximum atomic E-state index is 12.4. The number of hydrogen-bond acceptors (Lipinski definition) is 3. The highest BCUT2D eigenvalue weighted by molar-refractivity contribution is 6.42. The van der Waals surface area contributed by atoms with Crippen LogP contribution in [0.4, 0.5) is 8.78 Å². The highest BCUT2D eigenvalue weighted by Gasteiger charge is 2.19. The normalized spacial score (nSPS) is 15.3. The molecule has 0 N–H and O–H groups in total. The predicted octanol–water partition coefficient (Wildman–Crippen LogP) is 4.95. The summed E-state index contributed by atoms with van der Waals surface area (Å²) >= 11 is 12.0. The molecule has 1 heterocycles. The van der Waals surface area contributed by atoms with Gasteiger partial charge in [-0.2, -0.15) is 8.78 Å². The molecule has 0 spiro atoms. The van der Waals surface area contributed by atoms with E-state index in [0.717, 1.165) is 30.8 Å². The van der Waals surface area contributed by atoms with Crippen LogP contribution >= 0.6 is 23.2 Å². The van der Waals surface area contributed by atoms with Gasteiger partial charge in [0.2, 0.25) is 5.91 Å². The molecule has 3 rings (SSSR count). The Morgan fingerprint density at radius 3 is 2.34 bits per heavy atom. The first-order valence-corrected chi connectivity index (χ1v) is 9.84. The van der Waals surface area contributed by atoms with E-state index in [-0.39, 0.29) is 11.7 Å². The van der Waals surface area contributed by atoms with Gasteiger partial charge in [0.25, 0.3) is 0 Å². The number of piperazine rings is 1. The Morgan fingerprint density at radius 1 is 1.03 bits per heavy atom. The maximum absolute atomic E-state index is 12.4. The van der Waals surface area contributed by atoms with Gasteiger partial charge >= 0.3 is 6.61 Å². The van der Waals surface area contributed by atoms with Crippen LogP contribution in [0.3, 0.4) is 0 Å². The summed E-state index contributed by atoms with van der Waals surface area (Å²) in [4.78, 5) is 16.4. The van der Waals surface area contributed by atoms with E-state index in [1.165, 1.54) is 18.2 Å². The molecule has 1 saturated heterocycles. The molecule has 29 heavy (non-hydrogen) atoms. The molecule has 1 fully saturated rings. The predicted molar refractivity (Wildman–Crippen MR) is 110 cm³/mol. The van der Waals surface area contributed by atoms with Crippen molar-refractivity contribution in [3.63, 3.8) is 0 Å². The summed E-state index contributed by atoms with van der Waals surface area (Å²) in [7, 11) is 0. The smallest absolute Gasteiger partial charge is 0.387 e. The Kier molecular flexibility index (Phi) is 7.47. The molecular formula is C21H20Cl2F2N2O2. The molecule has 8 heteroatoms. The van der Waals surface area contributed by atoms with Crippen LogP contribution in [0.25, 0.3) is 6.08 Å². The van der Waals surface area contributed by atoms with Crippen LogP contribution in [0, 0.1) is 0 Å². The number of carbonyl (C=O) groups excluding carboxylic acids is 1. The molecular weight excluding hydrogens is 421 g/mol. The minimum absolute atomic E-state index is 0.0768. The summed E-state index contributed by atoms with van der Waals surface area (Å²) in [5.74, 6) is 0.00803. The molecule has 0 aliphatic carbocycles. The van der Waals surface area contributed by atoms with Gasteiger partial charge in [0.05, 0.1) is 10.0 Å². The molecule has 2 aromatic rings. The van der Waals surface area contributed by atoms with Crippen LogP contribution in [0.1, 0.15) is 11.1 Å². The topological polar surface area (TPSA) is 32.8 Å². The van der Waals surface area contributed by atoms with Crippen molar-refractivity contribution < 1.29 is 18.3 Å². The zero-order valence-corrected chi connectivity index (χ0v) is 17.0. The summed E-state index contributed by atoms with van der Waals surface area (Å²) in [5, 5.41) is 1.07. The van der Waals surface area contributed by atoms with Gasteiger partial charge in [0, 0.05) is 38.8 Å². The molecule has 0 bridgehead atoms. The Labute approximate surface area is 178 Å². The van der Waals surface area contributed by atoms with Crippen LogP contribution < -0.4 is 4.74 Å². The van der Waals surface area contributed by atoms with Crippen molar-refractivity contribution in [3.05, 3.63) is 69.7 Å². The largest absolute Gasteiger partial charge is 0.435 e. The summed E-state index contributed by atoms with van der Waals surface area (Å²) < 4.78 is 28.6. The van der Waals surface area contributed by atoms with E-state index in [9.17, 15) is 13.6 Å². The molecule has 2 aromatic carbocycles. The number of rotatable bonds is 6. The number of carbonyl (C=O) groups is 1. The fraction of sp³-hybridized carbons (Fsp3) is 0.286. The lowest BCUT2D eigenvalue weighted by Crippen LogP contribution is -2.47. The molecule has 0 radical (unpaired) electrons. The molecule has 0 saturated carbocycles. The van der Waals surface area contributed by atoms with Gasteiger partial charge in [-0.15, -0.1) is 0 Å². The van der Waals surface area contributed by atoms with Gasteiger partial charge in [-0.05, 0) is 41.5 Å². The average molecular weight is 441 g/mol. The molecule has 1 aliphatic rings. The quantitative estimate of drug-likeness (QED) is 0.595. The fourth-order valence-electron chi connectivity index (χ4n) is 3.06. The molecule has 1 amide bonds. The summed E-state index contributed by atoms with van der Waals surface area (Å²) in [5.41, 5.74) is 1.82. The first-order chi connectivity index (χ1) is 13.9.